The molecule has 1 heterocycles. The number of hydrogen-bond donors (Lipinski definition) is 1. The minimum atomic E-state index is 0.513. The summed E-state index contributed by atoms with van der Waals surface area (Å²) < 4.78 is 0. The van der Waals surface area contributed by atoms with Crippen LogP contribution in [-0.4, -0.2) is 17.6 Å². The van der Waals surface area contributed by atoms with Crippen LogP contribution in [0.4, 0.5) is 5.13 Å². The van der Waals surface area contributed by atoms with Crippen molar-refractivity contribution in [3.05, 3.63) is 10.6 Å². The summed E-state index contributed by atoms with van der Waals surface area (Å²) in [5.41, 5.74) is 7.12. The van der Waals surface area contributed by atoms with Gasteiger partial charge < -0.3 is 10.6 Å². The van der Waals surface area contributed by atoms with E-state index in [0.29, 0.717) is 18.5 Å². The molecule has 4 heteroatoms. The third-order valence-corrected chi connectivity index (χ3v) is 4.33. The van der Waals surface area contributed by atoms with Crippen molar-refractivity contribution in [3.8, 4) is 0 Å². The second-order valence-corrected chi connectivity index (χ2v) is 6.13. The van der Waals surface area contributed by atoms with E-state index in [2.05, 4.69) is 25.7 Å². The van der Waals surface area contributed by atoms with E-state index in [-0.39, 0.29) is 0 Å². The lowest BCUT2D eigenvalue weighted by atomic mass is 10.2. The Morgan fingerprint density at radius 2 is 2.18 bits per heavy atom. The van der Waals surface area contributed by atoms with Crippen molar-refractivity contribution in [2.45, 2.75) is 58.5 Å². The van der Waals surface area contributed by atoms with Gasteiger partial charge >= 0.3 is 0 Å². The largest absolute Gasteiger partial charge is 0.346 e. The van der Waals surface area contributed by atoms with Crippen molar-refractivity contribution < 1.29 is 0 Å². The molecule has 2 rings (SSSR count). The van der Waals surface area contributed by atoms with Gasteiger partial charge in [0.05, 0.1) is 5.69 Å². The topological polar surface area (TPSA) is 42.2 Å². The second kappa shape index (κ2) is 5.36. The summed E-state index contributed by atoms with van der Waals surface area (Å²) in [5.74, 6) is 0.703. The van der Waals surface area contributed by atoms with Crippen LogP contribution in [0.1, 0.15) is 56.5 Å². The summed E-state index contributed by atoms with van der Waals surface area (Å²) in [6.45, 7) is 8.40. The summed E-state index contributed by atoms with van der Waals surface area (Å²) in [7, 11) is 0. The Kier molecular flexibility index (Phi) is 4.05. The number of nitrogens with zero attached hydrogens (tertiary/aromatic N) is 2. The van der Waals surface area contributed by atoms with Crippen LogP contribution in [0.5, 0.6) is 0 Å². The van der Waals surface area contributed by atoms with Gasteiger partial charge in [-0.15, -0.1) is 11.3 Å². The molecule has 1 aromatic rings. The molecule has 0 saturated heterocycles. The van der Waals surface area contributed by atoms with Crippen molar-refractivity contribution in [3.63, 3.8) is 0 Å². The number of anilines is 1. The maximum absolute atomic E-state index is 5.83. The van der Waals surface area contributed by atoms with E-state index >= 15 is 0 Å². The Bertz CT molecular complexity index is 369. The highest BCUT2D eigenvalue weighted by Gasteiger charge is 2.30. The zero-order valence-corrected chi connectivity index (χ0v) is 11.9. The molecule has 1 aromatic heterocycles. The average molecular weight is 253 g/mol. The Labute approximate surface area is 108 Å². The fourth-order valence-corrected chi connectivity index (χ4v) is 3.30. The zero-order chi connectivity index (χ0) is 12.4. The van der Waals surface area contributed by atoms with Crippen LogP contribution in [0.3, 0.4) is 0 Å². The molecule has 0 radical (unpaired) electrons. The number of hydrogen-bond acceptors (Lipinski definition) is 4. The molecule has 1 aliphatic carbocycles. The first-order chi connectivity index (χ1) is 8.17. The Morgan fingerprint density at radius 1 is 1.47 bits per heavy atom. The van der Waals surface area contributed by atoms with Crippen LogP contribution >= 0.6 is 11.3 Å². The lowest BCUT2D eigenvalue weighted by Gasteiger charge is -2.25. The smallest absolute Gasteiger partial charge is 0.186 e. The predicted molar refractivity (Wildman–Crippen MR) is 74.8 cm³/mol. The van der Waals surface area contributed by atoms with E-state index in [9.17, 15) is 0 Å². The Hall–Kier alpha value is -0.610. The lowest BCUT2D eigenvalue weighted by Crippen LogP contribution is -2.31. The quantitative estimate of drug-likeness (QED) is 0.847. The fraction of sp³-hybridized carbons (Fsp3) is 0.769. The van der Waals surface area contributed by atoms with Crippen LogP contribution in [0.25, 0.3) is 0 Å². The van der Waals surface area contributed by atoms with Gasteiger partial charge in [0.25, 0.3) is 0 Å². The van der Waals surface area contributed by atoms with Gasteiger partial charge in [-0.25, -0.2) is 4.98 Å². The molecule has 1 aliphatic rings. The number of nitrogens with two attached hydrogens (primary N) is 1. The van der Waals surface area contributed by atoms with E-state index in [1.165, 1.54) is 28.5 Å². The molecule has 1 fully saturated rings. The molecule has 2 N–H and O–H groups in total. The molecule has 96 valence electrons. The van der Waals surface area contributed by atoms with Gasteiger partial charge in [0.15, 0.2) is 5.13 Å². The first-order valence-electron chi connectivity index (χ1n) is 6.63. The van der Waals surface area contributed by atoms with E-state index in [4.69, 9.17) is 10.7 Å². The standard InChI is InChI=1S/C13H23N3S/c1-4-7-16(9(2)3)13-15-12(10-5-6-10)11(8-14)17-13/h9-10H,4-8,14H2,1-3H3. The van der Waals surface area contributed by atoms with Gasteiger partial charge in [0.1, 0.15) is 0 Å². The number of aromatic nitrogens is 1. The van der Waals surface area contributed by atoms with Crippen LogP contribution in [0.2, 0.25) is 0 Å². The molecular formula is C13H23N3S. The molecule has 1 saturated carbocycles. The van der Waals surface area contributed by atoms with Crippen molar-refractivity contribution in [1.29, 1.82) is 0 Å². The minimum absolute atomic E-state index is 0.513. The molecule has 0 bridgehead atoms. The molecule has 0 spiro atoms. The average Bonchev–Trinajstić information content (AvgIpc) is 3.06. The maximum Gasteiger partial charge on any atom is 0.186 e. The monoisotopic (exact) mass is 253 g/mol. The fourth-order valence-electron chi connectivity index (χ4n) is 2.11. The van der Waals surface area contributed by atoms with Gasteiger partial charge in [-0.3, -0.25) is 0 Å². The van der Waals surface area contributed by atoms with Gasteiger partial charge in [-0.05, 0) is 33.1 Å². The van der Waals surface area contributed by atoms with Gasteiger partial charge in [0.2, 0.25) is 0 Å². The second-order valence-electron chi connectivity index (χ2n) is 5.07. The summed E-state index contributed by atoms with van der Waals surface area (Å²) in [6.07, 6.45) is 3.76. The summed E-state index contributed by atoms with van der Waals surface area (Å²) >= 11 is 1.79. The Morgan fingerprint density at radius 3 is 2.65 bits per heavy atom. The van der Waals surface area contributed by atoms with Crippen molar-refractivity contribution in [2.75, 3.05) is 11.4 Å². The van der Waals surface area contributed by atoms with E-state index < -0.39 is 0 Å². The first-order valence-corrected chi connectivity index (χ1v) is 7.45. The Balaban J connectivity index is 2.23. The highest BCUT2D eigenvalue weighted by molar-refractivity contribution is 7.15. The van der Waals surface area contributed by atoms with Gasteiger partial charge in [-0.2, -0.15) is 0 Å². The summed E-state index contributed by atoms with van der Waals surface area (Å²) in [4.78, 5) is 8.54. The van der Waals surface area contributed by atoms with Gasteiger partial charge in [0, 0.05) is 29.9 Å². The summed E-state index contributed by atoms with van der Waals surface area (Å²) in [5, 5.41) is 1.17. The SMILES string of the molecule is CCCN(c1nc(C2CC2)c(CN)s1)C(C)C. The maximum atomic E-state index is 5.83. The van der Waals surface area contributed by atoms with Crippen molar-refractivity contribution >= 4 is 16.5 Å². The molecule has 0 aromatic carbocycles. The molecule has 17 heavy (non-hydrogen) atoms. The molecule has 0 unspecified atom stereocenters. The van der Waals surface area contributed by atoms with E-state index in [1.54, 1.807) is 11.3 Å². The van der Waals surface area contributed by atoms with Crippen LogP contribution < -0.4 is 10.6 Å². The first kappa shape index (κ1) is 12.8. The number of thiazole rings is 1. The van der Waals surface area contributed by atoms with Crippen LogP contribution in [-0.2, 0) is 6.54 Å². The summed E-state index contributed by atoms with van der Waals surface area (Å²) in [6, 6.07) is 0.513. The van der Waals surface area contributed by atoms with Crippen LogP contribution in [0.15, 0.2) is 0 Å². The molecule has 0 aliphatic heterocycles. The molecule has 0 amide bonds. The van der Waals surface area contributed by atoms with Crippen molar-refractivity contribution in [1.82, 2.24) is 4.98 Å². The van der Waals surface area contributed by atoms with E-state index in [1.807, 2.05) is 0 Å². The normalized spacial score (nSPS) is 15.6. The zero-order valence-electron chi connectivity index (χ0n) is 11.1. The predicted octanol–water partition coefficient (Wildman–Crippen LogP) is 3.10. The van der Waals surface area contributed by atoms with E-state index in [0.717, 1.165) is 13.0 Å². The third kappa shape index (κ3) is 2.80. The lowest BCUT2D eigenvalue weighted by molar-refractivity contribution is 0.667. The highest BCUT2D eigenvalue weighted by Crippen LogP contribution is 2.44. The van der Waals surface area contributed by atoms with Crippen LogP contribution in [0, 0.1) is 0 Å². The molecule has 3 nitrogen and oxygen atoms in total. The van der Waals surface area contributed by atoms with Crippen molar-refractivity contribution in [2.24, 2.45) is 5.73 Å². The molecule has 0 atom stereocenters. The number of rotatable bonds is 6. The third-order valence-electron chi connectivity index (χ3n) is 3.20. The molecular weight excluding hydrogens is 230 g/mol. The minimum Gasteiger partial charge on any atom is -0.346 e. The highest BCUT2D eigenvalue weighted by atomic mass is 32.1. The van der Waals surface area contributed by atoms with Gasteiger partial charge in [-0.1, -0.05) is 6.92 Å².